The zero-order chi connectivity index (χ0) is 41.4. The number of unbranched alkanes of at least 4 members (excludes halogenated alkanes) is 16. The largest absolute Gasteiger partial charge is 0.477 e. The molecule has 0 aromatic carbocycles. The van der Waals surface area contributed by atoms with Crippen LogP contribution < -0.4 is 0 Å². The van der Waals surface area contributed by atoms with Crippen LogP contribution in [0.5, 0.6) is 0 Å². The highest BCUT2D eigenvalue weighted by Crippen LogP contribution is 2.14. The van der Waals surface area contributed by atoms with Gasteiger partial charge in [-0.15, -0.1) is 0 Å². The molecule has 322 valence electrons. The number of allylic oxidation sites excluding steroid dienone is 10. The third-order valence-corrected chi connectivity index (χ3v) is 9.68. The van der Waals surface area contributed by atoms with Crippen LogP contribution in [0.25, 0.3) is 0 Å². The Morgan fingerprint density at radius 3 is 1.61 bits per heavy atom. The Bertz CT molecular complexity index is 1100. The molecule has 0 spiro atoms. The molecule has 0 aliphatic carbocycles. The van der Waals surface area contributed by atoms with Crippen molar-refractivity contribution in [3.05, 3.63) is 60.8 Å². The summed E-state index contributed by atoms with van der Waals surface area (Å²) in [5.41, 5.74) is 0. The van der Waals surface area contributed by atoms with Crippen LogP contribution in [0.2, 0.25) is 0 Å². The number of hydrogen-bond donors (Lipinski definition) is 1. The first-order valence-electron chi connectivity index (χ1n) is 22.3. The van der Waals surface area contributed by atoms with E-state index in [9.17, 15) is 19.5 Å². The van der Waals surface area contributed by atoms with E-state index in [0.717, 1.165) is 70.6 Å². The summed E-state index contributed by atoms with van der Waals surface area (Å²) in [6.07, 6.45) is 47.0. The van der Waals surface area contributed by atoms with Gasteiger partial charge in [-0.1, -0.05) is 152 Å². The van der Waals surface area contributed by atoms with Gasteiger partial charge in [-0.2, -0.15) is 0 Å². The topological polar surface area (TPSA) is 99.1 Å². The Balaban J connectivity index is 4.29. The molecule has 0 aromatic heterocycles. The number of rotatable bonds is 39. The minimum Gasteiger partial charge on any atom is -0.477 e. The van der Waals surface area contributed by atoms with E-state index in [1.165, 1.54) is 70.6 Å². The van der Waals surface area contributed by atoms with E-state index in [-0.39, 0.29) is 36.2 Å². The van der Waals surface area contributed by atoms with Gasteiger partial charge in [-0.25, -0.2) is 4.79 Å². The molecule has 56 heavy (non-hydrogen) atoms. The number of ether oxygens (including phenoxy) is 3. The number of carboxylic acid groups (broad SMARTS) is 1. The van der Waals surface area contributed by atoms with Gasteiger partial charge in [0, 0.05) is 19.3 Å². The molecule has 0 aliphatic heterocycles. The van der Waals surface area contributed by atoms with Gasteiger partial charge in [0.1, 0.15) is 6.61 Å². The maximum atomic E-state index is 12.7. The summed E-state index contributed by atoms with van der Waals surface area (Å²) in [7, 11) is 5.51. The highest BCUT2D eigenvalue weighted by atomic mass is 16.6. The minimum atomic E-state index is -0.881. The number of quaternary nitrogens is 1. The highest BCUT2D eigenvalue weighted by Gasteiger charge is 2.31. The maximum absolute atomic E-state index is 12.7. The molecule has 8 nitrogen and oxygen atoms in total. The van der Waals surface area contributed by atoms with Crippen molar-refractivity contribution in [3.63, 3.8) is 0 Å². The van der Waals surface area contributed by atoms with E-state index >= 15 is 0 Å². The van der Waals surface area contributed by atoms with Crippen LogP contribution in [0.4, 0.5) is 0 Å². The Hall–Kier alpha value is -2.97. The first kappa shape index (κ1) is 53.0. The van der Waals surface area contributed by atoms with Crippen molar-refractivity contribution in [2.45, 2.75) is 187 Å². The molecule has 8 heteroatoms. The fraction of sp³-hybridized carbons (Fsp3) is 0.729. The van der Waals surface area contributed by atoms with Crippen LogP contribution in [-0.2, 0) is 28.6 Å². The second-order valence-corrected chi connectivity index (χ2v) is 15.9. The second kappa shape index (κ2) is 38.9. The minimum absolute atomic E-state index is 0.0498. The number of likely N-dealkylation sites (N-methyl/N-ethyl adjacent to an activating group) is 1. The molecule has 0 bridgehead atoms. The molecule has 0 saturated heterocycles. The summed E-state index contributed by atoms with van der Waals surface area (Å²) in [5.74, 6) is -1.51. The molecule has 0 heterocycles. The lowest BCUT2D eigenvalue weighted by atomic mass is 10.0. The number of aliphatic carboxylic acids is 1. The normalized spacial score (nSPS) is 13.5. The van der Waals surface area contributed by atoms with Gasteiger partial charge in [0.2, 0.25) is 0 Å². The van der Waals surface area contributed by atoms with Gasteiger partial charge in [0.25, 0.3) is 0 Å². The second-order valence-electron chi connectivity index (χ2n) is 15.9. The number of hydrogen-bond acceptors (Lipinski definition) is 6. The average Bonchev–Trinajstić information content (AvgIpc) is 3.15. The van der Waals surface area contributed by atoms with Gasteiger partial charge < -0.3 is 23.8 Å². The summed E-state index contributed by atoms with van der Waals surface area (Å²) in [5, 5.41) is 9.61. The lowest BCUT2D eigenvalue weighted by Gasteiger charge is -2.31. The molecule has 0 rings (SSSR count). The van der Waals surface area contributed by atoms with Gasteiger partial charge in [-0.3, -0.25) is 9.59 Å². The summed E-state index contributed by atoms with van der Waals surface area (Å²) in [6, 6.07) is -0.620. The summed E-state index contributed by atoms with van der Waals surface area (Å²) < 4.78 is 17.2. The highest BCUT2D eigenvalue weighted by molar-refractivity contribution is 5.72. The van der Waals surface area contributed by atoms with Crippen molar-refractivity contribution in [3.8, 4) is 0 Å². The number of carbonyl (C=O) groups excluding carboxylic acids is 2. The van der Waals surface area contributed by atoms with Crippen molar-refractivity contribution in [2.75, 3.05) is 41.0 Å². The van der Waals surface area contributed by atoms with Crippen LogP contribution in [0.1, 0.15) is 174 Å². The monoisotopic (exact) mass is 787 g/mol. The van der Waals surface area contributed by atoms with Gasteiger partial charge in [-0.05, 0) is 64.2 Å². The van der Waals surface area contributed by atoms with Crippen molar-refractivity contribution in [1.29, 1.82) is 0 Å². The molecule has 1 N–H and O–H groups in total. The van der Waals surface area contributed by atoms with E-state index in [4.69, 9.17) is 14.2 Å². The summed E-state index contributed by atoms with van der Waals surface area (Å²) in [6.45, 7) is 4.54. The van der Waals surface area contributed by atoms with Crippen LogP contribution in [0.15, 0.2) is 60.8 Å². The Morgan fingerprint density at radius 1 is 0.571 bits per heavy atom. The van der Waals surface area contributed by atoms with Gasteiger partial charge >= 0.3 is 17.9 Å². The smallest absolute Gasteiger partial charge is 0.362 e. The fourth-order valence-electron chi connectivity index (χ4n) is 6.20. The standard InChI is InChI=1S/C48H83NO7/c1-6-8-10-12-14-16-18-19-20-21-22-23-24-25-26-27-29-31-33-35-37-39-47(51)56-44(42-54-41-40-45(48(52)53)49(3,4)5)43-55-46(50)38-36-34-32-30-28-17-15-13-11-9-7-2/h8,10,13-17,19-20,28,44-45H,6-7,9,11-12,18,21-27,29-43H2,1-5H3/p+1/b10-8+,15-13+,16-14+,20-19+,28-17+. The Kier molecular flexibility index (Phi) is 36.8. The number of carboxylic acids is 1. The fourth-order valence-corrected chi connectivity index (χ4v) is 6.20. The molecular weight excluding hydrogens is 703 g/mol. The average molecular weight is 787 g/mol. The predicted octanol–water partition coefficient (Wildman–Crippen LogP) is 12.2. The summed E-state index contributed by atoms with van der Waals surface area (Å²) in [4.78, 5) is 36.9. The number of carbonyl (C=O) groups is 3. The summed E-state index contributed by atoms with van der Waals surface area (Å²) >= 11 is 0. The Morgan fingerprint density at radius 2 is 1.05 bits per heavy atom. The van der Waals surface area contributed by atoms with E-state index in [2.05, 4.69) is 74.6 Å². The zero-order valence-corrected chi connectivity index (χ0v) is 36.6. The predicted molar refractivity (Wildman–Crippen MR) is 234 cm³/mol. The first-order chi connectivity index (χ1) is 27.1. The van der Waals surface area contributed by atoms with Crippen molar-refractivity contribution < 1.29 is 38.2 Å². The van der Waals surface area contributed by atoms with Gasteiger partial charge in [0.05, 0.1) is 34.4 Å². The van der Waals surface area contributed by atoms with E-state index in [0.29, 0.717) is 19.3 Å². The van der Waals surface area contributed by atoms with Crippen LogP contribution >= 0.6 is 0 Å². The molecule has 0 saturated carbocycles. The molecule has 0 fully saturated rings. The molecular formula is C48H84NO7+. The number of nitrogens with zero attached hydrogens (tertiary/aromatic N) is 1. The quantitative estimate of drug-likeness (QED) is 0.0218. The van der Waals surface area contributed by atoms with Gasteiger partial charge in [0.15, 0.2) is 12.1 Å². The lowest BCUT2D eigenvalue weighted by molar-refractivity contribution is -0.887. The zero-order valence-electron chi connectivity index (χ0n) is 36.6. The molecule has 0 aromatic rings. The first-order valence-corrected chi connectivity index (χ1v) is 22.3. The van der Waals surface area contributed by atoms with Crippen molar-refractivity contribution in [2.24, 2.45) is 0 Å². The van der Waals surface area contributed by atoms with Crippen LogP contribution in [-0.4, -0.2) is 80.6 Å². The van der Waals surface area contributed by atoms with E-state index in [1.54, 1.807) is 0 Å². The van der Waals surface area contributed by atoms with E-state index < -0.39 is 18.1 Å². The molecule has 2 unspecified atom stereocenters. The van der Waals surface area contributed by atoms with Crippen LogP contribution in [0.3, 0.4) is 0 Å². The van der Waals surface area contributed by atoms with Crippen LogP contribution in [0, 0.1) is 0 Å². The SMILES string of the molecule is CC/C=C/C/C=C/C/C=C/CCCCCCCCCCCCCC(=O)OC(COCCC(C(=O)O)[N+](C)(C)C)COC(=O)CCCCC/C=C/C=C/CCCC. The molecule has 2 atom stereocenters. The lowest BCUT2D eigenvalue weighted by Crippen LogP contribution is -2.50. The van der Waals surface area contributed by atoms with Crippen molar-refractivity contribution in [1.82, 2.24) is 0 Å². The molecule has 0 aliphatic rings. The molecule has 0 radical (unpaired) electrons. The third-order valence-electron chi connectivity index (χ3n) is 9.68. The van der Waals surface area contributed by atoms with Crippen molar-refractivity contribution >= 4 is 17.9 Å². The number of esters is 2. The molecule has 0 amide bonds. The Labute approximate surface area is 343 Å². The van der Waals surface area contributed by atoms with E-state index in [1.807, 2.05) is 21.1 Å². The maximum Gasteiger partial charge on any atom is 0.362 e. The third kappa shape index (κ3) is 36.7.